The lowest BCUT2D eigenvalue weighted by Gasteiger charge is -2.22. The van der Waals surface area contributed by atoms with Gasteiger partial charge in [-0.15, -0.1) is 0 Å². The van der Waals surface area contributed by atoms with Gasteiger partial charge in [-0.1, -0.05) is 18.2 Å². The lowest BCUT2D eigenvalue weighted by atomic mass is 10.2. The molecule has 14 heavy (non-hydrogen) atoms. The van der Waals surface area contributed by atoms with Gasteiger partial charge in [-0.25, -0.2) is 0 Å². The van der Waals surface area contributed by atoms with E-state index < -0.39 is 0 Å². The van der Waals surface area contributed by atoms with Crippen molar-refractivity contribution < 1.29 is 4.74 Å². The van der Waals surface area contributed by atoms with E-state index in [0.717, 1.165) is 6.61 Å². The van der Waals surface area contributed by atoms with E-state index in [1.54, 1.807) is 0 Å². The van der Waals surface area contributed by atoms with Crippen LogP contribution in [0.4, 0.5) is 5.69 Å². The van der Waals surface area contributed by atoms with Crippen LogP contribution in [0, 0.1) is 0 Å². The van der Waals surface area contributed by atoms with Crippen LogP contribution < -0.4 is 4.98 Å². The van der Waals surface area contributed by atoms with Crippen molar-refractivity contribution >= 4 is 15.4 Å². The van der Waals surface area contributed by atoms with Crippen LogP contribution >= 0.6 is 0 Å². The lowest BCUT2D eigenvalue weighted by Crippen LogP contribution is -2.30. The molecular formula is C11H17NOSi. The maximum absolute atomic E-state index is 5.70. The van der Waals surface area contributed by atoms with E-state index in [1.165, 1.54) is 24.9 Å². The molecule has 1 aliphatic heterocycles. The Bertz CT molecular complexity index is 259. The van der Waals surface area contributed by atoms with Gasteiger partial charge in [-0.3, -0.25) is 0 Å². The zero-order valence-corrected chi connectivity index (χ0v) is 9.82. The molecule has 1 atom stereocenters. The van der Waals surface area contributed by atoms with E-state index in [-0.39, 0.29) is 9.68 Å². The third-order valence-electron chi connectivity index (χ3n) is 2.58. The average Bonchev–Trinajstić information content (AvgIpc) is 2.29. The molecule has 2 nitrogen and oxygen atoms in total. The monoisotopic (exact) mass is 207 g/mol. The number of hydrogen-bond donors (Lipinski definition) is 1. The quantitative estimate of drug-likeness (QED) is 0.762. The molecule has 0 radical (unpaired) electrons. The summed E-state index contributed by atoms with van der Waals surface area (Å²) in [4.78, 5) is 3.53. The summed E-state index contributed by atoms with van der Waals surface area (Å²) in [7, 11) is -0.305. The van der Waals surface area contributed by atoms with Crippen LogP contribution in [0.2, 0.25) is 0 Å². The highest BCUT2D eigenvalue weighted by Gasteiger charge is 2.13. The van der Waals surface area contributed by atoms with Gasteiger partial charge >= 0.3 is 0 Å². The van der Waals surface area contributed by atoms with Crippen LogP contribution in [0.15, 0.2) is 30.3 Å². The minimum absolute atomic E-state index is 0.305. The second-order valence-electron chi connectivity index (χ2n) is 3.74. The van der Waals surface area contributed by atoms with Crippen molar-refractivity contribution in [2.45, 2.75) is 25.0 Å². The molecule has 1 saturated heterocycles. The standard InChI is InChI=1S/C11H17NOSi/c1-2-6-10(7-3-1)12-14-11-8-4-5-9-13-11/h1-3,6-7,11-12H,4-5,8-9,14H2. The van der Waals surface area contributed by atoms with Crippen LogP contribution in [0.1, 0.15) is 19.3 Å². The fourth-order valence-corrected chi connectivity index (χ4v) is 3.23. The highest BCUT2D eigenvalue weighted by Crippen LogP contribution is 2.12. The molecule has 0 saturated carbocycles. The van der Waals surface area contributed by atoms with Gasteiger partial charge in [0.1, 0.15) is 0 Å². The number of benzene rings is 1. The molecule has 1 N–H and O–H groups in total. The first-order valence-electron chi connectivity index (χ1n) is 5.36. The summed E-state index contributed by atoms with van der Waals surface area (Å²) in [6.07, 6.45) is 3.84. The van der Waals surface area contributed by atoms with E-state index in [4.69, 9.17) is 4.74 Å². The van der Waals surface area contributed by atoms with Crippen molar-refractivity contribution in [3.8, 4) is 0 Å². The van der Waals surface area contributed by atoms with Gasteiger partial charge in [0.25, 0.3) is 0 Å². The largest absolute Gasteiger partial charge is 0.413 e. The van der Waals surface area contributed by atoms with E-state index in [2.05, 4.69) is 29.2 Å². The molecular weight excluding hydrogens is 190 g/mol. The van der Waals surface area contributed by atoms with E-state index in [0.29, 0.717) is 5.73 Å². The molecule has 76 valence electrons. The summed E-state index contributed by atoms with van der Waals surface area (Å²) in [5.41, 5.74) is 1.79. The zero-order chi connectivity index (χ0) is 9.64. The van der Waals surface area contributed by atoms with Gasteiger partial charge in [-0.05, 0) is 31.4 Å². The van der Waals surface area contributed by atoms with E-state index >= 15 is 0 Å². The predicted molar refractivity (Wildman–Crippen MR) is 62.2 cm³/mol. The van der Waals surface area contributed by atoms with Gasteiger partial charge in [0.15, 0.2) is 9.68 Å². The molecule has 0 bridgehead atoms. The topological polar surface area (TPSA) is 21.3 Å². The maximum Gasteiger partial charge on any atom is 0.151 e. The second kappa shape index (κ2) is 5.17. The molecule has 1 unspecified atom stereocenters. The molecule has 0 amide bonds. The van der Waals surface area contributed by atoms with Crippen LogP contribution in [0.25, 0.3) is 0 Å². The van der Waals surface area contributed by atoms with Crippen molar-refractivity contribution in [3.63, 3.8) is 0 Å². The first-order chi connectivity index (χ1) is 6.95. The Morgan fingerprint density at radius 1 is 1.21 bits per heavy atom. The molecule has 3 heteroatoms. The highest BCUT2D eigenvalue weighted by atomic mass is 28.2. The van der Waals surface area contributed by atoms with Crippen molar-refractivity contribution in [3.05, 3.63) is 30.3 Å². The Labute approximate surface area is 87.6 Å². The van der Waals surface area contributed by atoms with Gasteiger partial charge in [0, 0.05) is 12.3 Å². The number of para-hydroxylation sites is 1. The highest BCUT2D eigenvalue weighted by molar-refractivity contribution is 6.41. The molecule has 2 rings (SSSR count). The second-order valence-corrected chi connectivity index (χ2v) is 5.41. The van der Waals surface area contributed by atoms with Crippen molar-refractivity contribution in [2.24, 2.45) is 0 Å². The Morgan fingerprint density at radius 2 is 2.07 bits per heavy atom. The number of ether oxygens (including phenoxy) is 1. The van der Waals surface area contributed by atoms with Crippen molar-refractivity contribution in [1.82, 2.24) is 0 Å². The summed E-state index contributed by atoms with van der Waals surface area (Å²) in [6.45, 7) is 0.966. The van der Waals surface area contributed by atoms with Crippen molar-refractivity contribution in [2.75, 3.05) is 11.6 Å². The number of nitrogens with one attached hydrogen (secondary N) is 1. The summed E-state index contributed by atoms with van der Waals surface area (Å²) in [6, 6.07) is 10.4. The lowest BCUT2D eigenvalue weighted by molar-refractivity contribution is 0.0655. The summed E-state index contributed by atoms with van der Waals surface area (Å²) >= 11 is 0. The Morgan fingerprint density at radius 3 is 2.79 bits per heavy atom. The molecule has 1 aromatic carbocycles. The van der Waals surface area contributed by atoms with Crippen LogP contribution in [0.3, 0.4) is 0 Å². The number of anilines is 1. The van der Waals surface area contributed by atoms with Crippen LogP contribution in [0.5, 0.6) is 0 Å². The third kappa shape index (κ3) is 2.85. The summed E-state index contributed by atoms with van der Waals surface area (Å²) in [5, 5.41) is 0. The molecule has 1 fully saturated rings. The summed E-state index contributed by atoms with van der Waals surface area (Å²) < 4.78 is 5.70. The number of hydrogen-bond acceptors (Lipinski definition) is 2. The molecule has 1 aromatic rings. The predicted octanol–water partition coefficient (Wildman–Crippen LogP) is 1.71. The average molecular weight is 207 g/mol. The normalized spacial score (nSPS) is 22.7. The zero-order valence-electron chi connectivity index (χ0n) is 8.41. The van der Waals surface area contributed by atoms with E-state index in [1.807, 2.05) is 6.07 Å². The van der Waals surface area contributed by atoms with Gasteiger partial charge in [-0.2, -0.15) is 0 Å². The fourth-order valence-electron chi connectivity index (χ4n) is 1.76. The van der Waals surface area contributed by atoms with Gasteiger partial charge in [0.2, 0.25) is 0 Å². The number of rotatable bonds is 3. The Balaban J connectivity index is 1.76. The Hall–Kier alpha value is -0.803. The van der Waals surface area contributed by atoms with Crippen LogP contribution in [-0.4, -0.2) is 22.0 Å². The van der Waals surface area contributed by atoms with E-state index in [9.17, 15) is 0 Å². The molecule has 1 aliphatic rings. The third-order valence-corrected chi connectivity index (χ3v) is 4.29. The molecule has 0 aromatic heterocycles. The summed E-state index contributed by atoms with van der Waals surface area (Å²) in [5.74, 6) is 0. The fraction of sp³-hybridized carbons (Fsp3) is 0.455. The molecule has 0 aliphatic carbocycles. The molecule has 1 heterocycles. The van der Waals surface area contributed by atoms with Gasteiger partial charge in [0.05, 0.1) is 5.73 Å². The first kappa shape index (κ1) is 9.74. The van der Waals surface area contributed by atoms with Crippen LogP contribution in [-0.2, 0) is 4.74 Å². The molecule has 0 spiro atoms. The minimum Gasteiger partial charge on any atom is -0.413 e. The Kier molecular flexibility index (Phi) is 3.60. The smallest absolute Gasteiger partial charge is 0.151 e. The van der Waals surface area contributed by atoms with Gasteiger partial charge < -0.3 is 9.72 Å². The maximum atomic E-state index is 5.70. The SMILES string of the molecule is c1ccc(N[SiH2]C2CCCCO2)cc1. The first-order valence-corrected chi connectivity index (χ1v) is 6.88. The van der Waals surface area contributed by atoms with Crippen molar-refractivity contribution in [1.29, 1.82) is 0 Å². The minimum atomic E-state index is -0.305.